The van der Waals surface area contributed by atoms with Crippen molar-refractivity contribution in [2.45, 2.75) is 31.3 Å². The van der Waals surface area contributed by atoms with E-state index < -0.39 is 18.1 Å². The first-order chi connectivity index (χ1) is 11.1. The number of imidazole rings is 1. The average molecular weight is 316 g/mol. The van der Waals surface area contributed by atoms with Crippen LogP contribution in [0.3, 0.4) is 0 Å². The van der Waals surface area contributed by atoms with Crippen LogP contribution in [-0.4, -0.2) is 33.0 Å². The molecule has 0 unspecified atom stereocenters. The number of carboxylic acid groups (broad SMARTS) is 1. The minimum absolute atomic E-state index is 0.244. The molecule has 0 saturated heterocycles. The van der Waals surface area contributed by atoms with Crippen LogP contribution < -0.4 is 11.1 Å². The molecule has 0 bridgehead atoms. The van der Waals surface area contributed by atoms with E-state index in [0.29, 0.717) is 12.1 Å². The number of nitrogens with zero attached hydrogens (tertiary/aromatic N) is 1. The molecule has 0 aliphatic heterocycles. The summed E-state index contributed by atoms with van der Waals surface area (Å²) in [5, 5.41) is 11.7. The zero-order valence-electron chi connectivity index (χ0n) is 12.6. The van der Waals surface area contributed by atoms with Crippen molar-refractivity contribution < 1.29 is 14.7 Å². The van der Waals surface area contributed by atoms with E-state index in [9.17, 15) is 14.7 Å². The number of amides is 1. The average Bonchev–Trinajstić information content (AvgIpc) is 3.07. The molecule has 0 radical (unpaired) electrons. The highest BCUT2D eigenvalue weighted by Gasteiger charge is 2.28. The van der Waals surface area contributed by atoms with Gasteiger partial charge in [0.05, 0.1) is 18.1 Å². The quantitative estimate of drug-likeness (QED) is 0.579. The van der Waals surface area contributed by atoms with Crippen molar-refractivity contribution in [1.82, 2.24) is 15.3 Å². The predicted octanol–water partition coefficient (Wildman–Crippen LogP) is 1.00. The van der Waals surface area contributed by atoms with Gasteiger partial charge in [0, 0.05) is 12.6 Å². The molecule has 7 nitrogen and oxygen atoms in total. The number of aryl methyl sites for hydroxylation is 1. The highest BCUT2D eigenvalue weighted by Crippen LogP contribution is 2.12. The first-order valence-corrected chi connectivity index (χ1v) is 7.38. The van der Waals surface area contributed by atoms with Gasteiger partial charge in [0.25, 0.3) is 0 Å². The summed E-state index contributed by atoms with van der Waals surface area (Å²) in [6, 6.07) is 7.73. The minimum atomic E-state index is -1.19. The van der Waals surface area contributed by atoms with Crippen LogP contribution in [0.5, 0.6) is 0 Å². The van der Waals surface area contributed by atoms with Gasteiger partial charge >= 0.3 is 5.97 Å². The number of aliphatic carboxylic acids is 1. The molecule has 2 rings (SSSR count). The van der Waals surface area contributed by atoms with Crippen molar-refractivity contribution >= 4 is 11.9 Å². The Morgan fingerprint density at radius 2 is 2.04 bits per heavy atom. The third-order valence-corrected chi connectivity index (χ3v) is 3.53. The van der Waals surface area contributed by atoms with Crippen molar-refractivity contribution in [2.75, 3.05) is 0 Å². The zero-order valence-corrected chi connectivity index (χ0v) is 12.6. The molecule has 1 heterocycles. The first-order valence-electron chi connectivity index (χ1n) is 7.38. The number of aromatic amines is 1. The van der Waals surface area contributed by atoms with Gasteiger partial charge in [0.15, 0.2) is 0 Å². The summed E-state index contributed by atoms with van der Waals surface area (Å²) in [7, 11) is 0. The van der Waals surface area contributed by atoms with Crippen LogP contribution in [0.1, 0.15) is 30.1 Å². The third kappa shape index (κ3) is 4.93. The largest absolute Gasteiger partial charge is 0.480 e. The lowest BCUT2D eigenvalue weighted by Gasteiger charge is -2.20. The molecule has 2 atom stereocenters. The van der Waals surface area contributed by atoms with Crippen molar-refractivity contribution in [3.8, 4) is 0 Å². The number of rotatable bonds is 8. The number of benzene rings is 1. The normalized spacial score (nSPS) is 13.3. The second kappa shape index (κ2) is 8.09. The summed E-state index contributed by atoms with van der Waals surface area (Å²) in [5.41, 5.74) is 7.49. The van der Waals surface area contributed by atoms with E-state index in [-0.39, 0.29) is 12.3 Å². The molecule has 1 aromatic heterocycles. The number of nitrogens with one attached hydrogen (secondary N) is 2. The second-order valence-electron chi connectivity index (χ2n) is 5.26. The van der Waals surface area contributed by atoms with Gasteiger partial charge < -0.3 is 21.1 Å². The van der Waals surface area contributed by atoms with E-state index in [1.165, 1.54) is 12.5 Å². The molecule has 0 aliphatic rings. The van der Waals surface area contributed by atoms with Crippen molar-refractivity contribution in [1.29, 1.82) is 0 Å². The van der Waals surface area contributed by atoms with Crippen molar-refractivity contribution in [3.63, 3.8) is 0 Å². The lowest BCUT2D eigenvalue weighted by molar-refractivity contribution is -0.142. The molecule has 23 heavy (non-hydrogen) atoms. The predicted molar refractivity (Wildman–Crippen MR) is 84.5 cm³/mol. The number of aromatic nitrogens is 2. The Morgan fingerprint density at radius 3 is 2.65 bits per heavy atom. The van der Waals surface area contributed by atoms with Gasteiger partial charge in [-0.25, -0.2) is 9.78 Å². The topological polar surface area (TPSA) is 121 Å². The summed E-state index contributed by atoms with van der Waals surface area (Å²) in [5.74, 6) is -1.51. The van der Waals surface area contributed by atoms with Crippen LogP contribution in [0.2, 0.25) is 0 Å². The number of nitrogens with two attached hydrogens (primary N) is 1. The Labute approximate surface area is 133 Å². The lowest BCUT2D eigenvalue weighted by atomic mass is 10.1. The van der Waals surface area contributed by atoms with E-state index in [4.69, 9.17) is 5.73 Å². The number of carbonyl (C=O) groups is 2. The van der Waals surface area contributed by atoms with Crippen LogP contribution >= 0.6 is 0 Å². The first kappa shape index (κ1) is 16.7. The molecular formula is C16H20N4O3. The Bertz CT molecular complexity index is 628. The van der Waals surface area contributed by atoms with Gasteiger partial charge in [0.1, 0.15) is 6.04 Å². The fourth-order valence-corrected chi connectivity index (χ4v) is 2.28. The number of H-pyrrole nitrogens is 1. The number of hydrogen-bond donors (Lipinski definition) is 4. The summed E-state index contributed by atoms with van der Waals surface area (Å²) in [6.07, 6.45) is 4.51. The standard InChI is InChI=1S/C16H20N4O3/c17-14(12-9-18-10-19-12)15(16(22)23)20-13(21)8-4-7-11-5-2-1-3-6-11/h1-3,5-6,9-10,14-15H,4,7-8,17H2,(H,18,19)(H,20,21)(H,22,23)/t14-,15-/m1/s1. The minimum Gasteiger partial charge on any atom is -0.480 e. The highest BCUT2D eigenvalue weighted by atomic mass is 16.4. The van der Waals surface area contributed by atoms with Crippen LogP contribution in [-0.2, 0) is 16.0 Å². The van der Waals surface area contributed by atoms with E-state index in [0.717, 1.165) is 12.0 Å². The zero-order chi connectivity index (χ0) is 16.7. The van der Waals surface area contributed by atoms with Crippen molar-refractivity contribution in [3.05, 3.63) is 54.1 Å². The lowest BCUT2D eigenvalue weighted by Crippen LogP contribution is -2.47. The molecule has 1 aromatic carbocycles. The number of carbonyl (C=O) groups excluding carboxylic acids is 1. The van der Waals surface area contributed by atoms with Crippen LogP contribution in [0, 0.1) is 0 Å². The summed E-state index contributed by atoms with van der Waals surface area (Å²) in [4.78, 5) is 29.9. The molecule has 0 fully saturated rings. The smallest absolute Gasteiger partial charge is 0.328 e. The van der Waals surface area contributed by atoms with Gasteiger partial charge in [-0.2, -0.15) is 0 Å². The fraction of sp³-hybridized carbons (Fsp3) is 0.312. The highest BCUT2D eigenvalue weighted by molar-refractivity contribution is 5.84. The Kier molecular flexibility index (Phi) is 5.87. The molecule has 0 aliphatic carbocycles. The fourth-order valence-electron chi connectivity index (χ4n) is 2.28. The molecule has 1 amide bonds. The van der Waals surface area contributed by atoms with Crippen LogP contribution in [0.25, 0.3) is 0 Å². The monoisotopic (exact) mass is 316 g/mol. The molecule has 122 valence electrons. The SMILES string of the molecule is N[C@H](c1cnc[nH]1)[C@@H](NC(=O)CCCc1ccccc1)C(=O)O. The maximum Gasteiger partial charge on any atom is 0.328 e. The van der Waals surface area contributed by atoms with Gasteiger partial charge in [-0.3, -0.25) is 4.79 Å². The maximum absolute atomic E-state index is 12.0. The van der Waals surface area contributed by atoms with E-state index in [2.05, 4.69) is 15.3 Å². The number of carboxylic acids is 1. The third-order valence-electron chi connectivity index (χ3n) is 3.53. The van der Waals surface area contributed by atoms with Crippen molar-refractivity contribution in [2.24, 2.45) is 5.73 Å². The van der Waals surface area contributed by atoms with Gasteiger partial charge in [-0.05, 0) is 18.4 Å². The summed E-state index contributed by atoms with van der Waals surface area (Å²) in [6.45, 7) is 0. The van der Waals surface area contributed by atoms with Gasteiger partial charge in [-0.15, -0.1) is 0 Å². The van der Waals surface area contributed by atoms with Crippen LogP contribution in [0.15, 0.2) is 42.9 Å². The number of hydrogen-bond acceptors (Lipinski definition) is 4. The maximum atomic E-state index is 12.0. The molecular weight excluding hydrogens is 296 g/mol. The molecule has 5 N–H and O–H groups in total. The summed E-state index contributed by atoms with van der Waals surface area (Å²) < 4.78 is 0. The summed E-state index contributed by atoms with van der Waals surface area (Å²) >= 11 is 0. The molecule has 0 spiro atoms. The Hall–Kier alpha value is -2.67. The second-order valence-corrected chi connectivity index (χ2v) is 5.26. The molecule has 0 saturated carbocycles. The molecule has 7 heteroatoms. The van der Waals surface area contributed by atoms with Crippen LogP contribution in [0.4, 0.5) is 0 Å². The van der Waals surface area contributed by atoms with E-state index in [1.807, 2.05) is 30.3 Å². The Morgan fingerprint density at radius 1 is 1.30 bits per heavy atom. The van der Waals surface area contributed by atoms with E-state index >= 15 is 0 Å². The molecule has 2 aromatic rings. The van der Waals surface area contributed by atoms with Gasteiger partial charge in [0.2, 0.25) is 5.91 Å². The Balaban J connectivity index is 1.85. The van der Waals surface area contributed by atoms with Gasteiger partial charge in [-0.1, -0.05) is 30.3 Å². The van der Waals surface area contributed by atoms with E-state index in [1.54, 1.807) is 0 Å².